The Morgan fingerprint density at radius 2 is 1.61 bits per heavy atom. The summed E-state index contributed by atoms with van der Waals surface area (Å²) in [5.41, 5.74) is 7.59. The average Bonchev–Trinajstić information content (AvgIpc) is 2.82. The van der Waals surface area contributed by atoms with Gasteiger partial charge in [-0.2, -0.15) is 0 Å². The first-order valence-electron chi connectivity index (χ1n) is 10.4. The van der Waals surface area contributed by atoms with Crippen LogP contribution in [0.3, 0.4) is 0 Å². The largest absolute Gasteiger partial charge is 0.383 e. The third-order valence-corrected chi connectivity index (χ3v) is 5.25. The van der Waals surface area contributed by atoms with Gasteiger partial charge in [-0.3, -0.25) is 29.0 Å². The van der Waals surface area contributed by atoms with E-state index in [1.54, 1.807) is 12.1 Å². The molecule has 4 aromatic rings. The Morgan fingerprint density at radius 1 is 0.970 bits per heavy atom. The summed E-state index contributed by atoms with van der Waals surface area (Å²) < 4.78 is 1.25. The SMILES string of the molecule is Cc1ccc(C(=O)N(Cc2ccccc2)c2c(N)n(Cc3ccccc3)c(=O)[nH]c2=O)cn1. The zero-order valence-electron chi connectivity index (χ0n) is 18.1. The number of hydrogen-bond acceptors (Lipinski definition) is 5. The van der Waals surface area contributed by atoms with Crippen LogP contribution in [0.15, 0.2) is 88.6 Å². The molecule has 0 unspecified atom stereocenters. The van der Waals surface area contributed by atoms with Crippen LogP contribution in [0.2, 0.25) is 0 Å². The lowest BCUT2D eigenvalue weighted by Crippen LogP contribution is -2.41. The van der Waals surface area contributed by atoms with E-state index in [1.807, 2.05) is 67.6 Å². The van der Waals surface area contributed by atoms with Crippen LogP contribution in [-0.2, 0) is 13.1 Å². The maximum atomic E-state index is 13.5. The number of aromatic amines is 1. The maximum Gasteiger partial charge on any atom is 0.330 e. The molecular weight excluding hydrogens is 418 g/mol. The van der Waals surface area contributed by atoms with E-state index in [2.05, 4.69) is 9.97 Å². The second-order valence-electron chi connectivity index (χ2n) is 7.63. The monoisotopic (exact) mass is 441 g/mol. The van der Waals surface area contributed by atoms with Gasteiger partial charge in [0.25, 0.3) is 11.5 Å². The number of nitrogens with two attached hydrogens (primary N) is 1. The van der Waals surface area contributed by atoms with Crippen LogP contribution in [0.4, 0.5) is 11.5 Å². The summed E-state index contributed by atoms with van der Waals surface area (Å²) >= 11 is 0. The van der Waals surface area contributed by atoms with Crippen LogP contribution < -0.4 is 21.9 Å². The molecule has 0 atom stereocenters. The first-order chi connectivity index (χ1) is 15.9. The topological polar surface area (TPSA) is 114 Å². The van der Waals surface area contributed by atoms with Gasteiger partial charge in [-0.15, -0.1) is 0 Å². The molecule has 0 spiro atoms. The molecule has 8 heteroatoms. The molecule has 166 valence electrons. The Hall–Kier alpha value is -4.46. The lowest BCUT2D eigenvalue weighted by Gasteiger charge is -2.25. The molecule has 0 radical (unpaired) electrons. The molecule has 0 saturated heterocycles. The predicted molar refractivity (Wildman–Crippen MR) is 127 cm³/mol. The van der Waals surface area contributed by atoms with Gasteiger partial charge in [0, 0.05) is 11.9 Å². The Kier molecular flexibility index (Phi) is 6.17. The second kappa shape index (κ2) is 9.35. The van der Waals surface area contributed by atoms with E-state index in [0.717, 1.165) is 16.8 Å². The summed E-state index contributed by atoms with van der Waals surface area (Å²) in [7, 11) is 0. The fourth-order valence-electron chi connectivity index (χ4n) is 3.53. The fraction of sp³-hybridized carbons (Fsp3) is 0.120. The summed E-state index contributed by atoms with van der Waals surface area (Å²) in [6.07, 6.45) is 1.46. The highest BCUT2D eigenvalue weighted by molar-refractivity contribution is 6.07. The van der Waals surface area contributed by atoms with Gasteiger partial charge in [0.2, 0.25) is 0 Å². The van der Waals surface area contributed by atoms with Gasteiger partial charge in [0.15, 0.2) is 5.69 Å². The molecule has 8 nitrogen and oxygen atoms in total. The number of nitrogens with zero attached hydrogens (tertiary/aromatic N) is 3. The van der Waals surface area contributed by atoms with Gasteiger partial charge in [-0.25, -0.2) is 4.79 Å². The first-order valence-corrected chi connectivity index (χ1v) is 10.4. The highest BCUT2D eigenvalue weighted by Crippen LogP contribution is 2.22. The molecule has 0 aliphatic carbocycles. The van der Waals surface area contributed by atoms with E-state index in [-0.39, 0.29) is 24.6 Å². The number of nitrogen functional groups attached to an aromatic ring is 1. The number of nitrogens with one attached hydrogen (secondary N) is 1. The van der Waals surface area contributed by atoms with Gasteiger partial charge in [-0.05, 0) is 30.2 Å². The minimum absolute atomic E-state index is 0.0834. The van der Waals surface area contributed by atoms with Gasteiger partial charge in [0.1, 0.15) is 5.82 Å². The minimum Gasteiger partial charge on any atom is -0.383 e. The number of hydrogen-bond donors (Lipinski definition) is 2. The molecule has 4 rings (SSSR count). The molecule has 33 heavy (non-hydrogen) atoms. The number of pyridine rings is 1. The summed E-state index contributed by atoms with van der Waals surface area (Å²) in [5, 5.41) is 0. The van der Waals surface area contributed by atoms with Crippen molar-refractivity contribution in [1.82, 2.24) is 14.5 Å². The summed E-state index contributed by atoms with van der Waals surface area (Å²) in [5.74, 6) is -0.537. The number of amides is 1. The average molecular weight is 441 g/mol. The molecule has 2 aromatic heterocycles. The molecule has 3 N–H and O–H groups in total. The van der Waals surface area contributed by atoms with E-state index in [0.29, 0.717) is 5.56 Å². The lowest BCUT2D eigenvalue weighted by atomic mass is 10.1. The van der Waals surface area contributed by atoms with E-state index in [9.17, 15) is 14.4 Å². The van der Waals surface area contributed by atoms with Crippen molar-refractivity contribution in [3.8, 4) is 0 Å². The smallest absolute Gasteiger partial charge is 0.330 e. The molecule has 1 amide bonds. The molecule has 0 aliphatic heterocycles. The summed E-state index contributed by atoms with van der Waals surface area (Å²) in [6.45, 7) is 2.05. The van der Waals surface area contributed by atoms with Crippen molar-refractivity contribution in [2.75, 3.05) is 10.6 Å². The maximum absolute atomic E-state index is 13.5. The standard InChI is InChI=1S/C25H23N5O3/c1-17-12-13-20(14-27-17)24(32)29(15-18-8-4-2-5-9-18)21-22(26)30(25(33)28-23(21)31)16-19-10-6-3-7-11-19/h2-14H,15-16,26H2,1H3,(H,28,31,33). The van der Waals surface area contributed by atoms with Crippen LogP contribution in [0, 0.1) is 6.92 Å². The summed E-state index contributed by atoms with van der Waals surface area (Å²) in [4.78, 5) is 46.8. The fourth-order valence-corrected chi connectivity index (χ4v) is 3.53. The molecular formula is C25H23N5O3. The Morgan fingerprint density at radius 3 is 2.21 bits per heavy atom. The van der Waals surface area contributed by atoms with E-state index in [1.165, 1.54) is 15.7 Å². The van der Waals surface area contributed by atoms with Crippen molar-refractivity contribution < 1.29 is 4.79 Å². The van der Waals surface area contributed by atoms with Crippen LogP contribution in [0.1, 0.15) is 27.2 Å². The zero-order valence-corrected chi connectivity index (χ0v) is 18.1. The van der Waals surface area contributed by atoms with Crippen LogP contribution in [0.5, 0.6) is 0 Å². The quantitative estimate of drug-likeness (QED) is 0.478. The Labute approximate surface area is 190 Å². The lowest BCUT2D eigenvalue weighted by molar-refractivity contribution is 0.0984. The zero-order chi connectivity index (χ0) is 23.4. The van der Waals surface area contributed by atoms with Crippen LogP contribution in [0.25, 0.3) is 0 Å². The number of carbonyl (C=O) groups excluding carboxylic acids is 1. The summed E-state index contributed by atoms with van der Waals surface area (Å²) in [6, 6.07) is 21.9. The van der Waals surface area contributed by atoms with E-state index in [4.69, 9.17) is 5.73 Å². The van der Waals surface area contributed by atoms with Crippen molar-refractivity contribution in [3.05, 3.63) is 122 Å². The molecule has 2 aromatic carbocycles. The number of aromatic nitrogens is 3. The molecule has 0 saturated carbocycles. The van der Waals surface area contributed by atoms with Gasteiger partial charge < -0.3 is 5.73 Å². The predicted octanol–water partition coefficient (Wildman–Crippen LogP) is 2.72. The minimum atomic E-state index is -0.730. The highest BCUT2D eigenvalue weighted by atomic mass is 16.2. The third kappa shape index (κ3) is 4.74. The molecule has 2 heterocycles. The molecule has 0 fully saturated rings. The van der Waals surface area contributed by atoms with Crippen molar-refractivity contribution in [2.24, 2.45) is 0 Å². The normalized spacial score (nSPS) is 10.7. The molecule has 0 aliphatic rings. The van der Waals surface area contributed by atoms with Crippen molar-refractivity contribution >= 4 is 17.4 Å². The number of carbonyl (C=O) groups is 1. The number of rotatable bonds is 6. The Bertz CT molecular complexity index is 1380. The van der Waals surface area contributed by atoms with E-state index >= 15 is 0 Å². The van der Waals surface area contributed by atoms with Gasteiger partial charge >= 0.3 is 5.69 Å². The Balaban J connectivity index is 1.84. The number of aryl methyl sites for hydroxylation is 1. The second-order valence-corrected chi connectivity index (χ2v) is 7.63. The van der Waals surface area contributed by atoms with Gasteiger partial charge in [0.05, 0.1) is 18.7 Å². The third-order valence-electron chi connectivity index (χ3n) is 5.25. The number of H-pyrrole nitrogens is 1. The van der Waals surface area contributed by atoms with E-state index < -0.39 is 17.2 Å². The number of benzene rings is 2. The molecule has 0 bridgehead atoms. The first kappa shape index (κ1) is 21.8. The van der Waals surface area contributed by atoms with Crippen LogP contribution >= 0.6 is 0 Å². The number of anilines is 2. The van der Waals surface area contributed by atoms with Gasteiger partial charge in [-0.1, -0.05) is 60.7 Å². The highest BCUT2D eigenvalue weighted by Gasteiger charge is 2.26. The van der Waals surface area contributed by atoms with Crippen LogP contribution in [-0.4, -0.2) is 20.4 Å². The van der Waals surface area contributed by atoms with Crippen molar-refractivity contribution in [1.29, 1.82) is 0 Å². The van der Waals surface area contributed by atoms with Crippen molar-refractivity contribution in [2.45, 2.75) is 20.0 Å². The van der Waals surface area contributed by atoms with Crippen molar-refractivity contribution in [3.63, 3.8) is 0 Å².